The van der Waals surface area contributed by atoms with E-state index in [1.165, 1.54) is 35.4 Å². The smallest absolute Gasteiger partial charge is 0.389 e. The highest BCUT2D eigenvalue weighted by Gasteiger charge is 2.34. The van der Waals surface area contributed by atoms with Crippen molar-refractivity contribution in [3.05, 3.63) is 23.2 Å². The minimum absolute atomic E-state index is 0.00684. The molecule has 1 aliphatic rings. The van der Waals surface area contributed by atoms with Crippen molar-refractivity contribution in [3.63, 3.8) is 0 Å². The van der Waals surface area contributed by atoms with E-state index in [-0.39, 0.29) is 36.2 Å². The van der Waals surface area contributed by atoms with Gasteiger partial charge in [-0.25, -0.2) is 9.78 Å². The van der Waals surface area contributed by atoms with Crippen LogP contribution >= 0.6 is 23.1 Å². The van der Waals surface area contributed by atoms with E-state index in [4.69, 9.17) is 5.11 Å². The summed E-state index contributed by atoms with van der Waals surface area (Å²) in [5.74, 6) is -0.452. The van der Waals surface area contributed by atoms with Crippen LogP contribution in [0.3, 0.4) is 0 Å². The van der Waals surface area contributed by atoms with Gasteiger partial charge in [-0.05, 0) is 38.5 Å². The molecular formula is C19H24F3NO4S2. The summed E-state index contributed by atoms with van der Waals surface area (Å²) in [5, 5.41) is 20.5. The molecule has 0 amide bonds. The number of carbonyl (C=O) groups excluding carboxylic acids is 1. The summed E-state index contributed by atoms with van der Waals surface area (Å²) in [6, 6.07) is 0. The second-order valence-corrected chi connectivity index (χ2v) is 9.66. The van der Waals surface area contributed by atoms with Crippen molar-refractivity contribution in [2.24, 2.45) is 11.8 Å². The number of rotatable bonds is 10. The van der Waals surface area contributed by atoms with Crippen LogP contribution < -0.4 is 0 Å². The van der Waals surface area contributed by atoms with Gasteiger partial charge >= 0.3 is 12.1 Å². The second-order valence-electron chi connectivity index (χ2n) is 7.46. The maximum atomic E-state index is 12.3. The molecule has 0 bridgehead atoms. The molecule has 2 N–H and O–H groups in total. The number of aromatic carboxylic acids is 1. The maximum Gasteiger partial charge on any atom is 0.389 e. The summed E-state index contributed by atoms with van der Waals surface area (Å²) in [6.07, 6.45) is -0.292. The second kappa shape index (κ2) is 10.1. The first-order valence-electron chi connectivity index (χ1n) is 9.27. The number of carboxylic acid groups (broad SMARTS) is 1. The molecule has 1 heterocycles. The summed E-state index contributed by atoms with van der Waals surface area (Å²) < 4.78 is 37.6. The molecule has 0 saturated heterocycles. The largest absolute Gasteiger partial charge is 0.476 e. The number of halogens is 3. The number of thiazole rings is 1. The van der Waals surface area contributed by atoms with Crippen LogP contribution in [-0.2, 0) is 4.79 Å². The van der Waals surface area contributed by atoms with Gasteiger partial charge in [0, 0.05) is 29.9 Å². The SMILES string of the molecule is CC(O)(CC=CC1CCC(=O)C1CCSc1nc(C(=O)O)cs1)CCC(F)(F)F. The summed E-state index contributed by atoms with van der Waals surface area (Å²) in [5.41, 5.74) is -1.43. The third kappa shape index (κ3) is 8.10. The van der Waals surface area contributed by atoms with Crippen LogP contribution in [0.4, 0.5) is 13.2 Å². The Kier molecular flexibility index (Phi) is 8.30. The van der Waals surface area contributed by atoms with Gasteiger partial charge in [-0.3, -0.25) is 4.79 Å². The van der Waals surface area contributed by atoms with Gasteiger partial charge in [0.15, 0.2) is 10.0 Å². The molecule has 1 saturated carbocycles. The molecule has 3 atom stereocenters. The lowest BCUT2D eigenvalue weighted by atomic mass is 9.90. The first kappa shape index (κ1) is 23.9. The zero-order valence-electron chi connectivity index (χ0n) is 15.9. The molecule has 0 aromatic carbocycles. The molecule has 5 nitrogen and oxygen atoms in total. The van der Waals surface area contributed by atoms with Gasteiger partial charge in [0.25, 0.3) is 0 Å². The number of hydrogen-bond donors (Lipinski definition) is 2. The van der Waals surface area contributed by atoms with E-state index in [0.717, 1.165) is 0 Å². The van der Waals surface area contributed by atoms with Crippen molar-refractivity contribution in [2.75, 3.05) is 5.75 Å². The van der Waals surface area contributed by atoms with Crippen LogP contribution in [-0.4, -0.2) is 44.5 Å². The number of aromatic nitrogens is 1. The van der Waals surface area contributed by atoms with Crippen molar-refractivity contribution in [1.82, 2.24) is 4.98 Å². The Hall–Kier alpha value is -1.39. The minimum Gasteiger partial charge on any atom is -0.476 e. The fourth-order valence-electron chi connectivity index (χ4n) is 3.24. The number of carboxylic acids is 1. The highest BCUT2D eigenvalue weighted by molar-refractivity contribution is 8.01. The number of nitrogens with zero attached hydrogens (tertiary/aromatic N) is 1. The number of hydrogen-bond acceptors (Lipinski definition) is 6. The summed E-state index contributed by atoms with van der Waals surface area (Å²) in [6.45, 7) is 1.39. The zero-order chi connectivity index (χ0) is 21.7. The van der Waals surface area contributed by atoms with E-state index < -0.39 is 24.2 Å². The lowest BCUT2D eigenvalue weighted by Gasteiger charge is -2.22. The van der Waals surface area contributed by atoms with E-state index in [9.17, 15) is 27.9 Å². The molecule has 10 heteroatoms. The molecule has 1 fully saturated rings. The molecule has 0 aliphatic heterocycles. The Morgan fingerprint density at radius 1 is 1.41 bits per heavy atom. The van der Waals surface area contributed by atoms with Crippen LogP contribution in [0.5, 0.6) is 0 Å². The lowest BCUT2D eigenvalue weighted by Crippen LogP contribution is -2.26. The van der Waals surface area contributed by atoms with Gasteiger partial charge in [-0.1, -0.05) is 23.9 Å². The van der Waals surface area contributed by atoms with Gasteiger partial charge in [0.1, 0.15) is 5.78 Å². The normalized spacial score (nSPS) is 22.3. The van der Waals surface area contributed by atoms with Crippen molar-refractivity contribution in [1.29, 1.82) is 0 Å². The molecule has 162 valence electrons. The van der Waals surface area contributed by atoms with Gasteiger partial charge < -0.3 is 10.2 Å². The van der Waals surface area contributed by atoms with E-state index in [1.807, 2.05) is 6.08 Å². The fraction of sp³-hybridized carbons (Fsp3) is 0.632. The third-order valence-corrected chi connectivity index (χ3v) is 6.95. The Labute approximate surface area is 175 Å². The average molecular weight is 452 g/mol. The van der Waals surface area contributed by atoms with Crippen LogP contribution in [0.25, 0.3) is 0 Å². The van der Waals surface area contributed by atoms with E-state index in [0.29, 0.717) is 29.4 Å². The molecule has 0 radical (unpaired) electrons. The van der Waals surface area contributed by atoms with Crippen LogP contribution in [0.2, 0.25) is 0 Å². The van der Waals surface area contributed by atoms with Gasteiger partial charge in [0.2, 0.25) is 0 Å². The van der Waals surface area contributed by atoms with E-state index >= 15 is 0 Å². The Morgan fingerprint density at radius 3 is 2.76 bits per heavy atom. The number of Topliss-reactive ketones (excluding diaryl/α,β-unsaturated/α-hetero) is 1. The zero-order valence-corrected chi connectivity index (χ0v) is 17.6. The monoisotopic (exact) mass is 451 g/mol. The summed E-state index contributed by atoms with van der Waals surface area (Å²) >= 11 is 2.66. The topological polar surface area (TPSA) is 87.5 Å². The molecule has 3 unspecified atom stereocenters. The number of carbonyl (C=O) groups is 2. The number of allylic oxidation sites excluding steroid dienone is 1. The highest BCUT2D eigenvalue weighted by atomic mass is 32.2. The number of ketones is 1. The molecule has 0 spiro atoms. The van der Waals surface area contributed by atoms with Crippen LogP contribution in [0.1, 0.15) is 55.9 Å². The van der Waals surface area contributed by atoms with Gasteiger partial charge in [0.05, 0.1) is 5.60 Å². The molecule has 1 aromatic rings. The lowest BCUT2D eigenvalue weighted by molar-refractivity contribution is -0.145. The predicted molar refractivity (Wildman–Crippen MR) is 105 cm³/mol. The molecule has 1 aliphatic carbocycles. The molecular weight excluding hydrogens is 427 g/mol. The number of alkyl halides is 3. The van der Waals surface area contributed by atoms with E-state index in [2.05, 4.69) is 4.98 Å². The fourth-order valence-corrected chi connectivity index (χ4v) is 5.14. The molecule has 2 rings (SSSR count). The van der Waals surface area contributed by atoms with Gasteiger partial charge in [-0.15, -0.1) is 11.3 Å². The van der Waals surface area contributed by atoms with Crippen molar-refractivity contribution < 1.29 is 33.0 Å². The summed E-state index contributed by atoms with van der Waals surface area (Å²) in [7, 11) is 0. The predicted octanol–water partition coefficient (Wildman–Crippen LogP) is 4.96. The molecule has 29 heavy (non-hydrogen) atoms. The number of aliphatic hydroxyl groups is 1. The van der Waals surface area contributed by atoms with Gasteiger partial charge in [-0.2, -0.15) is 13.2 Å². The summed E-state index contributed by atoms with van der Waals surface area (Å²) in [4.78, 5) is 27.0. The maximum absolute atomic E-state index is 12.3. The number of thioether (sulfide) groups is 1. The van der Waals surface area contributed by atoms with Crippen molar-refractivity contribution in [3.8, 4) is 0 Å². The van der Waals surface area contributed by atoms with Crippen molar-refractivity contribution in [2.45, 2.75) is 61.6 Å². The quantitative estimate of drug-likeness (QED) is 0.386. The first-order chi connectivity index (χ1) is 13.5. The molecule has 1 aromatic heterocycles. The standard InChI is InChI=1S/C19H24F3NO4S2/c1-18(27,8-9-19(20,21)22)7-2-3-12-4-5-15(24)13(12)6-10-28-17-23-14(11-29-17)16(25)26/h2-3,11-13,27H,4-10H2,1H3,(H,25,26). The third-order valence-electron chi connectivity index (χ3n) is 4.90. The van der Waals surface area contributed by atoms with E-state index in [1.54, 1.807) is 6.08 Å². The highest BCUT2D eigenvalue weighted by Crippen LogP contribution is 2.35. The first-order valence-corrected chi connectivity index (χ1v) is 11.1. The Morgan fingerprint density at radius 2 is 2.14 bits per heavy atom. The van der Waals surface area contributed by atoms with Crippen LogP contribution in [0, 0.1) is 11.8 Å². The van der Waals surface area contributed by atoms with Crippen molar-refractivity contribution >= 4 is 34.9 Å². The minimum atomic E-state index is -4.29. The Bertz CT molecular complexity index is 746. The Balaban J connectivity index is 1.82. The van der Waals surface area contributed by atoms with Crippen LogP contribution in [0.15, 0.2) is 21.9 Å². The average Bonchev–Trinajstić information content (AvgIpc) is 3.21.